The highest BCUT2D eigenvalue weighted by molar-refractivity contribution is 5.92. The standard InChI is InChI=1S/C22H26N2O4/c1-26-18-6-2-5-16(13-18)19-7-3-10-24(19)15-22(25)23-17-8-9-20-21(14-17)28-12-4-11-27-20/h2,5-6,8-9,13-14,19H,3-4,7,10-12,15H2,1H3,(H,23,25). The lowest BCUT2D eigenvalue weighted by atomic mass is 10.0. The van der Waals surface area contributed by atoms with Crippen LogP contribution in [0.5, 0.6) is 17.2 Å². The molecule has 1 saturated heterocycles. The van der Waals surface area contributed by atoms with Gasteiger partial charge >= 0.3 is 0 Å². The van der Waals surface area contributed by atoms with Gasteiger partial charge in [-0.15, -0.1) is 0 Å². The summed E-state index contributed by atoms with van der Waals surface area (Å²) in [5.74, 6) is 2.24. The molecule has 0 spiro atoms. The van der Waals surface area contributed by atoms with Crippen molar-refractivity contribution in [3.63, 3.8) is 0 Å². The van der Waals surface area contributed by atoms with E-state index in [0.717, 1.165) is 43.0 Å². The average Bonchev–Trinajstić information content (AvgIpc) is 3.04. The van der Waals surface area contributed by atoms with E-state index in [1.165, 1.54) is 5.56 Å². The number of likely N-dealkylation sites (tertiary alicyclic amines) is 1. The second-order valence-electron chi connectivity index (χ2n) is 7.17. The Hall–Kier alpha value is -2.73. The smallest absolute Gasteiger partial charge is 0.238 e. The van der Waals surface area contributed by atoms with Gasteiger partial charge in [0.15, 0.2) is 11.5 Å². The van der Waals surface area contributed by atoms with Crippen molar-refractivity contribution in [2.45, 2.75) is 25.3 Å². The Morgan fingerprint density at radius 3 is 2.86 bits per heavy atom. The summed E-state index contributed by atoms with van der Waals surface area (Å²) in [5.41, 5.74) is 1.92. The highest BCUT2D eigenvalue weighted by Gasteiger charge is 2.28. The van der Waals surface area contributed by atoms with E-state index in [-0.39, 0.29) is 11.9 Å². The second kappa shape index (κ2) is 8.52. The molecule has 148 valence electrons. The summed E-state index contributed by atoms with van der Waals surface area (Å²) in [6, 6.07) is 13.9. The molecule has 2 aromatic carbocycles. The summed E-state index contributed by atoms with van der Waals surface area (Å²) < 4.78 is 16.7. The van der Waals surface area contributed by atoms with Gasteiger partial charge in [-0.25, -0.2) is 0 Å². The SMILES string of the molecule is COc1cccc(C2CCCN2CC(=O)Nc2ccc3c(c2)OCCCO3)c1. The van der Waals surface area contributed by atoms with E-state index in [9.17, 15) is 4.79 Å². The molecule has 1 atom stereocenters. The number of hydrogen-bond donors (Lipinski definition) is 1. The number of fused-ring (bicyclic) bond motifs is 1. The number of rotatable bonds is 5. The number of methoxy groups -OCH3 is 1. The third kappa shape index (κ3) is 4.22. The summed E-state index contributed by atoms with van der Waals surface area (Å²) in [6.07, 6.45) is 2.99. The zero-order valence-electron chi connectivity index (χ0n) is 16.1. The minimum Gasteiger partial charge on any atom is -0.497 e. The number of benzene rings is 2. The van der Waals surface area contributed by atoms with Gasteiger partial charge in [-0.3, -0.25) is 9.69 Å². The minimum atomic E-state index is -0.0238. The van der Waals surface area contributed by atoms with E-state index in [1.807, 2.05) is 30.3 Å². The fourth-order valence-corrected chi connectivity index (χ4v) is 3.87. The number of nitrogens with one attached hydrogen (secondary N) is 1. The summed E-state index contributed by atoms with van der Waals surface area (Å²) in [4.78, 5) is 14.9. The number of ether oxygens (including phenoxy) is 3. The molecule has 6 nitrogen and oxygen atoms in total. The number of nitrogens with zero attached hydrogens (tertiary/aromatic N) is 1. The molecule has 28 heavy (non-hydrogen) atoms. The van der Waals surface area contributed by atoms with E-state index in [0.29, 0.717) is 25.5 Å². The topological polar surface area (TPSA) is 60.0 Å². The first kappa shape index (κ1) is 18.6. The zero-order chi connectivity index (χ0) is 19.3. The predicted molar refractivity (Wildman–Crippen MR) is 107 cm³/mol. The second-order valence-corrected chi connectivity index (χ2v) is 7.17. The number of hydrogen-bond acceptors (Lipinski definition) is 5. The van der Waals surface area contributed by atoms with Gasteiger partial charge in [-0.1, -0.05) is 12.1 Å². The third-order valence-electron chi connectivity index (χ3n) is 5.22. The number of carbonyl (C=O) groups is 1. The van der Waals surface area contributed by atoms with Crippen molar-refractivity contribution in [3.05, 3.63) is 48.0 Å². The van der Waals surface area contributed by atoms with E-state index in [4.69, 9.17) is 14.2 Å². The Labute approximate surface area is 165 Å². The fourth-order valence-electron chi connectivity index (χ4n) is 3.87. The van der Waals surface area contributed by atoms with Gasteiger partial charge in [0.25, 0.3) is 0 Å². The van der Waals surface area contributed by atoms with Gasteiger partial charge in [-0.2, -0.15) is 0 Å². The lowest BCUT2D eigenvalue weighted by Gasteiger charge is -2.24. The molecule has 0 saturated carbocycles. The van der Waals surface area contributed by atoms with E-state index < -0.39 is 0 Å². The van der Waals surface area contributed by atoms with Crippen LogP contribution in [0.3, 0.4) is 0 Å². The van der Waals surface area contributed by atoms with Crippen LogP contribution >= 0.6 is 0 Å². The zero-order valence-corrected chi connectivity index (χ0v) is 16.1. The van der Waals surface area contributed by atoms with Crippen molar-refractivity contribution in [1.82, 2.24) is 4.90 Å². The molecular formula is C22H26N2O4. The summed E-state index contributed by atoms with van der Waals surface area (Å²) in [5, 5.41) is 2.99. The van der Waals surface area contributed by atoms with Crippen LogP contribution in [0.4, 0.5) is 5.69 Å². The molecule has 1 amide bonds. The van der Waals surface area contributed by atoms with E-state index >= 15 is 0 Å². The highest BCUT2D eigenvalue weighted by Crippen LogP contribution is 2.34. The van der Waals surface area contributed by atoms with Gasteiger partial charge < -0.3 is 19.5 Å². The van der Waals surface area contributed by atoms with Gasteiger partial charge in [-0.05, 0) is 49.2 Å². The van der Waals surface area contributed by atoms with Crippen molar-refractivity contribution in [1.29, 1.82) is 0 Å². The minimum absolute atomic E-state index is 0.0238. The Balaban J connectivity index is 1.41. The normalized spacial score (nSPS) is 19.1. The maximum Gasteiger partial charge on any atom is 0.238 e. The largest absolute Gasteiger partial charge is 0.497 e. The molecule has 2 aromatic rings. The molecule has 1 N–H and O–H groups in total. The van der Waals surface area contributed by atoms with Gasteiger partial charge in [0.2, 0.25) is 5.91 Å². The fraction of sp³-hybridized carbons (Fsp3) is 0.409. The molecular weight excluding hydrogens is 356 g/mol. The lowest BCUT2D eigenvalue weighted by molar-refractivity contribution is -0.117. The van der Waals surface area contributed by atoms with Gasteiger partial charge in [0.05, 0.1) is 26.9 Å². The van der Waals surface area contributed by atoms with Crippen molar-refractivity contribution in [2.24, 2.45) is 0 Å². The third-order valence-corrected chi connectivity index (χ3v) is 5.22. The first-order valence-electron chi connectivity index (χ1n) is 9.80. The van der Waals surface area contributed by atoms with Crippen LogP contribution in [0.15, 0.2) is 42.5 Å². The van der Waals surface area contributed by atoms with Crippen molar-refractivity contribution >= 4 is 11.6 Å². The first-order valence-corrected chi connectivity index (χ1v) is 9.80. The number of carbonyl (C=O) groups excluding carboxylic acids is 1. The predicted octanol–water partition coefficient (Wildman–Crippen LogP) is 3.63. The maximum atomic E-state index is 12.7. The van der Waals surface area contributed by atoms with Crippen LogP contribution in [-0.2, 0) is 4.79 Å². The maximum absolute atomic E-state index is 12.7. The molecule has 0 aromatic heterocycles. The first-order chi connectivity index (χ1) is 13.7. The summed E-state index contributed by atoms with van der Waals surface area (Å²) in [6.45, 7) is 2.55. The van der Waals surface area contributed by atoms with Gasteiger partial charge in [0, 0.05) is 24.2 Å². The molecule has 1 unspecified atom stereocenters. The molecule has 0 bridgehead atoms. The van der Waals surface area contributed by atoms with Crippen molar-refractivity contribution < 1.29 is 19.0 Å². The molecule has 2 heterocycles. The van der Waals surface area contributed by atoms with Gasteiger partial charge in [0.1, 0.15) is 5.75 Å². The quantitative estimate of drug-likeness (QED) is 0.856. The van der Waals surface area contributed by atoms with Crippen LogP contribution in [-0.4, -0.2) is 44.2 Å². The summed E-state index contributed by atoms with van der Waals surface area (Å²) >= 11 is 0. The molecule has 2 aliphatic heterocycles. The Morgan fingerprint density at radius 1 is 1.14 bits per heavy atom. The van der Waals surface area contributed by atoms with Crippen LogP contribution in [0, 0.1) is 0 Å². The number of amides is 1. The number of anilines is 1. The molecule has 0 aliphatic carbocycles. The average molecular weight is 382 g/mol. The highest BCUT2D eigenvalue weighted by atomic mass is 16.5. The van der Waals surface area contributed by atoms with Crippen LogP contribution < -0.4 is 19.5 Å². The Bertz CT molecular complexity index is 839. The van der Waals surface area contributed by atoms with Crippen molar-refractivity contribution in [2.75, 3.05) is 38.7 Å². The van der Waals surface area contributed by atoms with Crippen molar-refractivity contribution in [3.8, 4) is 17.2 Å². The van der Waals surface area contributed by atoms with E-state index in [2.05, 4.69) is 22.3 Å². The lowest BCUT2D eigenvalue weighted by Crippen LogP contribution is -2.32. The Kier molecular flexibility index (Phi) is 5.67. The molecule has 6 heteroatoms. The van der Waals surface area contributed by atoms with Crippen LogP contribution in [0.1, 0.15) is 30.9 Å². The van der Waals surface area contributed by atoms with E-state index in [1.54, 1.807) is 7.11 Å². The van der Waals surface area contributed by atoms with Crippen LogP contribution in [0.2, 0.25) is 0 Å². The molecule has 0 radical (unpaired) electrons. The molecule has 2 aliphatic rings. The molecule has 1 fully saturated rings. The molecule has 4 rings (SSSR count). The Morgan fingerprint density at radius 2 is 2.00 bits per heavy atom. The van der Waals surface area contributed by atoms with Crippen LogP contribution in [0.25, 0.3) is 0 Å². The summed E-state index contributed by atoms with van der Waals surface area (Å²) in [7, 11) is 1.67. The monoisotopic (exact) mass is 382 g/mol.